The minimum absolute atomic E-state index is 0.0376. The van der Waals surface area contributed by atoms with Gasteiger partial charge in [0.1, 0.15) is 0 Å². The number of benzene rings is 1. The van der Waals surface area contributed by atoms with E-state index in [2.05, 4.69) is 15.2 Å². The third kappa shape index (κ3) is 4.29. The highest BCUT2D eigenvalue weighted by molar-refractivity contribution is 7.09. The topological polar surface area (TPSA) is 82.5 Å². The number of amides is 1. The smallest absolute Gasteiger partial charge is 0.355 e. The van der Waals surface area contributed by atoms with Gasteiger partial charge in [-0.05, 0) is 31.0 Å². The van der Waals surface area contributed by atoms with Crippen molar-refractivity contribution < 1.29 is 14.7 Å². The lowest BCUT2D eigenvalue weighted by molar-refractivity contribution is 0.0690. The molecule has 0 spiro atoms. The van der Waals surface area contributed by atoms with Gasteiger partial charge in [-0.15, -0.1) is 11.3 Å². The molecule has 0 aliphatic carbocycles. The Morgan fingerprint density at radius 1 is 1.32 bits per heavy atom. The number of hydrogen-bond acceptors (Lipinski definition) is 5. The van der Waals surface area contributed by atoms with Crippen LogP contribution in [0.25, 0.3) is 0 Å². The number of hydrogen-bond donors (Lipinski definition) is 2. The predicted molar refractivity (Wildman–Crippen MR) is 98.0 cm³/mol. The normalized spacial score (nSPS) is 13.9. The number of aromatic nitrogens is 1. The van der Waals surface area contributed by atoms with Gasteiger partial charge in [-0.3, -0.25) is 4.79 Å². The summed E-state index contributed by atoms with van der Waals surface area (Å²) in [6.07, 6.45) is 2.82. The molecule has 1 aromatic carbocycles. The minimum atomic E-state index is -1.04. The molecule has 1 saturated heterocycles. The Bertz CT molecular complexity index is 787. The van der Waals surface area contributed by atoms with Crippen molar-refractivity contribution in [1.82, 2.24) is 10.3 Å². The quantitative estimate of drug-likeness (QED) is 0.806. The molecular weight excluding hydrogens is 362 g/mol. The van der Waals surface area contributed by atoms with Crippen LogP contribution in [0.4, 0.5) is 5.69 Å². The third-order valence-corrected chi connectivity index (χ3v) is 5.26. The molecule has 3 rings (SSSR count). The zero-order valence-corrected chi connectivity index (χ0v) is 15.1. The van der Waals surface area contributed by atoms with Gasteiger partial charge < -0.3 is 15.3 Å². The summed E-state index contributed by atoms with van der Waals surface area (Å²) in [6.45, 7) is 2.38. The van der Waals surface area contributed by atoms with Crippen LogP contribution in [-0.2, 0) is 6.42 Å². The van der Waals surface area contributed by atoms with Crippen LogP contribution in [0.5, 0.6) is 0 Å². The summed E-state index contributed by atoms with van der Waals surface area (Å²) in [7, 11) is 0. The van der Waals surface area contributed by atoms with Crippen molar-refractivity contribution in [1.29, 1.82) is 0 Å². The molecule has 6 nitrogen and oxygen atoms in total. The molecule has 0 radical (unpaired) electrons. The summed E-state index contributed by atoms with van der Waals surface area (Å²) >= 11 is 7.60. The van der Waals surface area contributed by atoms with Gasteiger partial charge in [0, 0.05) is 37.0 Å². The predicted octanol–water partition coefficient (Wildman–Crippen LogP) is 3.07. The van der Waals surface area contributed by atoms with Crippen molar-refractivity contribution in [2.45, 2.75) is 19.3 Å². The minimum Gasteiger partial charge on any atom is -0.476 e. The van der Waals surface area contributed by atoms with Gasteiger partial charge in [-0.1, -0.05) is 11.6 Å². The molecule has 0 unspecified atom stereocenters. The summed E-state index contributed by atoms with van der Waals surface area (Å²) in [6, 6.07) is 5.36. The lowest BCUT2D eigenvalue weighted by atomic mass is 10.2. The zero-order chi connectivity index (χ0) is 17.8. The van der Waals surface area contributed by atoms with E-state index in [-0.39, 0.29) is 11.6 Å². The van der Waals surface area contributed by atoms with Gasteiger partial charge in [0.05, 0.1) is 15.7 Å². The average molecular weight is 380 g/mol. The first-order chi connectivity index (χ1) is 12.0. The molecule has 0 atom stereocenters. The maximum absolute atomic E-state index is 12.2. The summed E-state index contributed by atoms with van der Waals surface area (Å²) in [5.41, 5.74) is 1.52. The summed E-state index contributed by atoms with van der Waals surface area (Å²) in [5, 5.41) is 14.4. The lowest BCUT2D eigenvalue weighted by Crippen LogP contribution is -2.26. The third-order valence-electron chi connectivity index (χ3n) is 4.05. The Morgan fingerprint density at radius 3 is 2.72 bits per heavy atom. The van der Waals surface area contributed by atoms with E-state index >= 15 is 0 Å². The lowest BCUT2D eigenvalue weighted by Gasteiger charge is -2.19. The van der Waals surface area contributed by atoms with Gasteiger partial charge in [0.25, 0.3) is 5.91 Å². The molecule has 132 valence electrons. The van der Waals surface area contributed by atoms with Crippen molar-refractivity contribution in [2.75, 3.05) is 24.5 Å². The molecule has 1 aliphatic heterocycles. The van der Waals surface area contributed by atoms with E-state index < -0.39 is 5.97 Å². The Kier molecular flexibility index (Phi) is 5.55. The summed E-state index contributed by atoms with van der Waals surface area (Å²) < 4.78 is 0. The van der Waals surface area contributed by atoms with E-state index in [1.165, 1.54) is 29.6 Å². The second kappa shape index (κ2) is 7.84. The first-order valence-electron chi connectivity index (χ1n) is 8.05. The molecule has 0 bridgehead atoms. The van der Waals surface area contributed by atoms with Gasteiger partial charge in [0.2, 0.25) is 0 Å². The molecule has 2 aromatic rings. The van der Waals surface area contributed by atoms with E-state index in [1.54, 1.807) is 12.1 Å². The number of carbonyl (C=O) groups is 2. The maximum Gasteiger partial charge on any atom is 0.355 e. The average Bonchev–Trinajstić information content (AvgIpc) is 3.26. The SMILES string of the molecule is O=C(NCCc1nc(C(=O)O)cs1)c1ccc(N2CCCC2)c(Cl)c1. The molecule has 1 aromatic heterocycles. The van der Waals surface area contributed by atoms with E-state index in [9.17, 15) is 9.59 Å². The molecule has 8 heteroatoms. The van der Waals surface area contributed by atoms with E-state index in [0.29, 0.717) is 28.6 Å². The number of anilines is 1. The van der Waals surface area contributed by atoms with Crippen molar-refractivity contribution >= 4 is 40.5 Å². The second-order valence-electron chi connectivity index (χ2n) is 5.80. The number of aromatic carboxylic acids is 1. The first-order valence-corrected chi connectivity index (χ1v) is 9.31. The van der Waals surface area contributed by atoms with Crippen molar-refractivity contribution in [3.8, 4) is 0 Å². The summed E-state index contributed by atoms with van der Waals surface area (Å²) in [5.74, 6) is -1.25. The van der Waals surface area contributed by atoms with Crippen LogP contribution < -0.4 is 10.2 Å². The molecule has 2 N–H and O–H groups in total. The highest BCUT2D eigenvalue weighted by Crippen LogP contribution is 2.29. The standard InChI is InChI=1S/C17H18ClN3O3S/c18-12-9-11(3-4-14(12)21-7-1-2-8-21)16(22)19-6-5-15-20-13(10-25-15)17(23)24/h3-4,9-10H,1-2,5-8H2,(H,19,22)(H,23,24). The molecule has 1 amide bonds. The van der Waals surface area contributed by atoms with Crippen LogP contribution in [0.2, 0.25) is 5.02 Å². The fraction of sp³-hybridized carbons (Fsp3) is 0.353. The Hall–Kier alpha value is -2.12. The molecule has 25 heavy (non-hydrogen) atoms. The van der Waals surface area contributed by atoms with Gasteiger partial charge in [-0.2, -0.15) is 0 Å². The number of halogens is 1. The highest BCUT2D eigenvalue weighted by Gasteiger charge is 2.16. The van der Waals surface area contributed by atoms with Crippen molar-refractivity contribution in [3.63, 3.8) is 0 Å². The molecule has 0 saturated carbocycles. The van der Waals surface area contributed by atoms with Gasteiger partial charge in [-0.25, -0.2) is 9.78 Å². The van der Waals surface area contributed by atoms with E-state index in [4.69, 9.17) is 16.7 Å². The van der Waals surface area contributed by atoms with Crippen LogP contribution >= 0.6 is 22.9 Å². The van der Waals surface area contributed by atoms with Crippen LogP contribution in [0.1, 0.15) is 38.7 Å². The monoisotopic (exact) mass is 379 g/mol. The fourth-order valence-electron chi connectivity index (χ4n) is 2.77. The van der Waals surface area contributed by atoms with E-state index in [0.717, 1.165) is 18.8 Å². The molecule has 1 fully saturated rings. The Morgan fingerprint density at radius 2 is 2.08 bits per heavy atom. The number of carbonyl (C=O) groups excluding carboxylic acids is 1. The number of thiazole rings is 1. The van der Waals surface area contributed by atoms with Crippen LogP contribution in [-0.4, -0.2) is 41.6 Å². The Labute approximate surface area is 154 Å². The maximum atomic E-state index is 12.2. The number of carboxylic acid groups (broad SMARTS) is 1. The van der Waals surface area contributed by atoms with Crippen molar-refractivity contribution in [2.24, 2.45) is 0 Å². The number of carboxylic acids is 1. The summed E-state index contributed by atoms with van der Waals surface area (Å²) in [4.78, 5) is 29.3. The van der Waals surface area contributed by atoms with E-state index in [1.807, 2.05) is 6.07 Å². The van der Waals surface area contributed by atoms with Crippen LogP contribution in [0, 0.1) is 0 Å². The Balaban J connectivity index is 1.55. The fourth-order valence-corrected chi connectivity index (χ4v) is 3.84. The van der Waals surface area contributed by atoms with Crippen LogP contribution in [0.3, 0.4) is 0 Å². The largest absolute Gasteiger partial charge is 0.476 e. The number of nitrogens with zero attached hydrogens (tertiary/aromatic N) is 2. The number of rotatable bonds is 6. The van der Waals surface area contributed by atoms with Gasteiger partial charge in [0.15, 0.2) is 5.69 Å². The highest BCUT2D eigenvalue weighted by atomic mass is 35.5. The van der Waals surface area contributed by atoms with Crippen molar-refractivity contribution in [3.05, 3.63) is 44.9 Å². The van der Waals surface area contributed by atoms with Gasteiger partial charge >= 0.3 is 5.97 Å². The number of nitrogens with one attached hydrogen (secondary N) is 1. The van der Waals surface area contributed by atoms with Crippen LogP contribution in [0.15, 0.2) is 23.6 Å². The zero-order valence-electron chi connectivity index (χ0n) is 13.5. The molecule has 1 aliphatic rings. The second-order valence-corrected chi connectivity index (χ2v) is 7.15. The first kappa shape index (κ1) is 17.7. The molecule has 2 heterocycles. The molecular formula is C17H18ClN3O3S.